The smallest absolute Gasteiger partial charge is 0.161 e. The van der Waals surface area contributed by atoms with Crippen molar-refractivity contribution in [3.8, 4) is 11.5 Å². The van der Waals surface area contributed by atoms with Crippen LogP contribution in [0.4, 0.5) is 0 Å². The summed E-state index contributed by atoms with van der Waals surface area (Å²) in [7, 11) is 0. The Balaban J connectivity index is 1.79. The Bertz CT molecular complexity index is 528. The minimum absolute atomic E-state index is 0.132. The number of benzene rings is 1. The van der Waals surface area contributed by atoms with E-state index < -0.39 is 0 Å². The number of imidazole rings is 1. The highest BCUT2D eigenvalue weighted by atomic mass is 35.5. The van der Waals surface area contributed by atoms with Crippen LogP contribution in [0.2, 0.25) is 0 Å². The van der Waals surface area contributed by atoms with Crippen LogP contribution in [0.5, 0.6) is 11.5 Å². The van der Waals surface area contributed by atoms with Crippen LogP contribution >= 0.6 is 11.6 Å². The molecule has 94 valence electrons. The van der Waals surface area contributed by atoms with Gasteiger partial charge in [0.25, 0.3) is 0 Å². The second-order valence-corrected chi connectivity index (χ2v) is 4.64. The van der Waals surface area contributed by atoms with Crippen molar-refractivity contribution in [1.82, 2.24) is 9.97 Å². The molecular formula is C13H13ClN2O2. The zero-order valence-corrected chi connectivity index (χ0v) is 10.5. The van der Waals surface area contributed by atoms with Gasteiger partial charge < -0.3 is 14.5 Å². The molecule has 3 rings (SSSR count). The number of nitrogens with zero attached hydrogens (tertiary/aromatic N) is 1. The summed E-state index contributed by atoms with van der Waals surface area (Å²) < 4.78 is 11.0. The molecule has 1 aromatic heterocycles. The monoisotopic (exact) mass is 264 g/mol. The van der Waals surface area contributed by atoms with E-state index >= 15 is 0 Å². The molecule has 0 spiro atoms. The molecular weight excluding hydrogens is 252 g/mol. The molecule has 1 aliphatic heterocycles. The number of halogens is 1. The summed E-state index contributed by atoms with van der Waals surface area (Å²) in [4.78, 5) is 7.22. The van der Waals surface area contributed by atoms with Crippen molar-refractivity contribution in [3.05, 3.63) is 42.0 Å². The lowest BCUT2D eigenvalue weighted by atomic mass is 10.1. The average Bonchev–Trinajstić information content (AvgIpc) is 2.91. The number of fused-ring (bicyclic) bond motifs is 1. The van der Waals surface area contributed by atoms with Crippen molar-refractivity contribution < 1.29 is 9.47 Å². The van der Waals surface area contributed by atoms with E-state index in [-0.39, 0.29) is 5.38 Å². The van der Waals surface area contributed by atoms with E-state index in [2.05, 4.69) is 9.97 Å². The summed E-state index contributed by atoms with van der Waals surface area (Å²) in [6.45, 7) is 1.19. The van der Waals surface area contributed by atoms with Gasteiger partial charge in [0.2, 0.25) is 0 Å². The van der Waals surface area contributed by atoms with E-state index in [4.69, 9.17) is 21.1 Å². The van der Waals surface area contributed by atoms with Crippen molar-refractivity contribution >= 4 is 11.6 Å². The van der Waals surface area contributed by atoms with Crippen LogP contribution in [0.15, 0.2) is 30.6 Å². The van der Waals surface area contributed by atoms with Gasteiger partial charge in [0.15, 0.2) is 11.5 Å². The maximum Gasteiger partial charge on any atom is 0.161 e. The van der Waals surface area contributed by atoms with Gasteiger partial charge >= 0.3 is 0 Å². The summed E-state index contributed by atoms with van der Waals surface area (Å²) in [5, 5.41) is -0.132. The molecule has 4 nitrogen and oxygen atoms in total. The normalized spacial score (nSPS) is 15.4. The highest BCUT2D eigenvalue weighted by Crippen LogP contribution is 2.35. The lowest BCUT2D eigenvalue weighted by Gasteiger charge is -2.19. The van der Waals surface area contributed by atoms with Crippen LogP contribution in [0.3, 0.4) is 0 Å². The number of hydrogen-bond donors (Lipinski definition) is 1. The third-order valence-corrected chi connectivity index (χ3v) is 3.26. The summed E-state index contributed by atoms with van der Waals surface area (Å²) in [5.41, 5.74) is 1.01. The molecule has 2 heterocycles. The van der Waals surface area contributed by atoms with Crippen molar-refractivity contribution in [2.45, 2.75) is 11.8 Å². The molecule has 18 heavy (non-hydrogen) atoms. The Hall–Kier alpha value is -1.68. The summed E-state index contributed by atoms with van der Waals surface area (Å²) in [6, 6.07) is 5.81. The molecule has 0 bridgehead atoms. The number of hydrogen-bond acceptors (Lipinski definition) is 3. The van der Waals surface area contributed by atoms with Gasteiger partial charge in [-0.2, -0.15) is 0 Å². The molecule has 1 unspecified atom stereocenters. The number of H-pyrrole nitrogens is 1. The van der Waals surface area contributed by atoms with E-state index in [0.29, 0.717) is 19.6 Å². The fourth-order valence-corrected chi connectivity index (χ4v) is 2.23. The largest absolute Gasteiger partial charge is 0.486 e. The minimum Gasteiger partial charge on any atom is -0.486 e. The van der Waals surface area contributed by atoms with Crippen molar-refractivity contribution in [2.24, 2.45) is 0 Å². The Labute approximate surface area is 110 Å². The maximum atomic E-state index is 6.38. The number of alkyl halides is 1. The van der Waals surface area contributed by atoms with E-state index in [9.17, 15) is 0 Å². The van der Waals surface area contributed by atoms with E-state index in [1.807, 2.05) is 18.2 Å². The molecule has 1 aromatic carbocycles. The average molecular weight is 265 g/mol. The molecule has 5 heteroatoms. The predicted molar refractivity (Wildman–Crippen MR) is 68.3 cm³/mol. The van der Waals surface area contributed by atoms with Gasteiger partial charge in [-0.25, -0.2) is 4.98 Å². The van der Waals surface area contributed by atoms with Crippen molar-refractivity contribution in [2.75, 3.05) is 13.2 Å². The number of aromatic amines is 1. The third kappa shape index (κ3) is 2.29. The van der Waals surface area contributed by atoms with Crippen molar-refractivity contribution in [1.29, 1.82) is 0 Å². The third-order valence-electron chi connectivity index (χ3n) is 2.86. The molecule has 1 N–H and O–H groups in total. The minimum atomic E-state index is -0.132. The number of ether oxygens (including phenoxy) is 2. The molecule has 1 aliphatic rings. The molecule has 0 aliphatic carbocycles. The molecule has 0 fully saturated rings. The molecule has 0 saturated heterocycles. The zero-order chi connectivity index (χ0) is 12.4. The second-order valence-electron chi connectivity index (χ2n) is 4.11. The highest BCUT2D eigenvalue weighted by molar-refractivity contribution is 6.20. The summed E-state index contributed by atoms with van der Waals surface area (Å²) in [5.74, 6) is 2.43. The Morgan fingerprint density at radius 2 is 2.11 bits per heavy atom. The number of nitrogens with one attached hydrogen (secondary N) is 1. The quantitative estimate of drug-likeness (QED) is 0.867. The second kappa shape index (κ2) is 4.90. The Morgan fingerprint density at radius 1 is 1.28 bits per heavy atom. The maximum absolute atomic E-state index is 6.38. The van der Waals surface area contributed by atoms with Crippen LogP contribution in [0.25, 0.3) is 0 Å². The van der Waals surface area contributed by atoms with Crippen LogP contribution < -0.4 is 9.47 Å². The fourth-order valence-electron chi connectivity index (χ4n) is 1.95. The summed E-state index contributed by atoms with van der Waals surface area (Å²) >= 11 is 6.38. The molecule has 2 aromatic rings. The molecule has 1 atom stereocenters. The lowest BCUT2D eigenvalue weighted by molar-refractivity contribution is 0.171. The Kier molecular flexibility index (Phi) is 3.11. The topological polar surface area (TPSA) is 47.1 Å². The standard InChI is InChI=1S/C13H13ClN2O2/c14-10(8-13-15-3-4-16-13)9-1-2-11-12(7-9)18-6-5-17-11/h1-4,7,10H,5-6,8H2,(H,15,16). The summed E-state index contributed by atoms with van der Waals surface area (Å²) in [6.07, 6.45) is 4.18. The van der Waals surface area contributed by atoms with E-state index in [1.165, 1.54) is 0 Å². The molecule has 0 saturated carbocycles. The van der Waals surface area contributed by atoms with Crippen LogP contribution in [-0.2, 0) is 6.42 Å². The lowest BCUT2D eigenvalue weighted by Crippen LogP contribution is -2.15. The van der Waals surface area contributed by atoms with Crippen LogP contribution in [-0.4, -0.2) is 23.2 Å². The molecule has 0 amide bonds. The molecule has 0 radical (unpaired) electrons. The zero-order valence-electron chi connectivity index (χ0n) is 9.73. The first-order chi connectivity index (χ1) is 8.83. The van der Waals surface area contributed by atoms with Gasteiger partial charge in [0, 0.05) is 18.8 Å². The number of rotatable bonds is 3. The predicted octanol–water partition coefficient (Wildman–Crippen LogP) is 2.70. The first-order valence-corrected chi connectivity index (χ1v) is 6.28. The Morgan fingerprint density at radius 3 is 2.89 bits per heavy atom. The van der Waals surface area contributed by atoms with Gasteiger partial charge in [-0.15, -0.1) is 11.6 Å². The van der Waals surface area contributed by atoms with E-state index in [1.54, 1.807) is 12.4 Å². The van der Waals surface area contributed by atoms with Gasteiger partial charge in [-0.05, 0) is 17.7 Å². The van der Waals surface area contributed by atoms with Crippen LogP contribution in [0, 0.1) is 0 Å². The van der Waals surface area contributed by atoms with Gasteiger partial charge in [-0.1, -0.05) is 6.07 Å². The fraction of sp³-hybridized carbons (Fsp3) is 0.308. The number of aromatic nitrogens is 2. The first kappa shape index (κ1) is 11.4. The van der Waals surface area contributed by atoms with Gasteiger partial charge in [-0.3, -0.25) is 0 Å². The highest BCUT2D eigenvalue weighted by Gasteiger charge is 2.16. The van der Waals surface area contributed by atoms with Gasteiger partial charge in [0.1, 0.15) is 19.0 Å². The van der Waals surface area contributed by atoms with Crippen LogP contribution in [0.1, 0.15) is 16.8 Å². The van der Waals surface area contributed by atoms with E-state index in [0.717, 1.165) is 22.9 Å². The van der Waals surface area contributed by atoms with Crippen molar-refractivity contribution in [3.63, 3.8) is 0 Å². The first-order valence-electron chi connectivity index (χ1n) is 5.85. The SMILES string of the molecule is ClC(Cc1ncc[nH]1)c1ccc2c(c1)OCCO2. The van der Waals surface area contributed by atoms with Gasteiger partial charge in [0.05, 0.1) is 5.38 Å².